The Bertz CT molecular complexity index is 1050. The lowest BCUT2D eigenvalue weighted by Gasteiger charge is -2.11. The van der Waals surface area contributed by atoms with Crippen LogP contribution in [0.25, 0.3) is 10.8 Å². The van der Waals surface area contributed by atoms with Crippen molar-refractivity contribution in [2.45, 2.75) is 119 Å². The van der Waals surface area contributed by atoms with Crippen molar-refractivity contribution in [3.05, 3.63) is 30.3 Å². The maximum atomic E-state index is 12.4. The predicted octanol–water partition coefficient (Wildman–Crippen LogP) is 8.75. The third-order valence-corrected chi connectivity index (χ3v) is 7.89. The Labute approximate surface area is 226 Å². The minimum Gasteiger partial charge on any atom is -0.425 e. The molecule has 2 aromatic rings. The Balaban J connectivity index is 1.66. The van der Waals surface area contributed by atoms with Crippen LogP contribution in [0.15, 0.2) is 40.1 Å². The van der Waals surface area contributed by atoms with Crippen molar-refractivity contribution in [2.24, 2.45) is 0 Å². The van der Waals surface area contributed by atoms with Crippen molar-refractivity contribution in [1.29, 1.82) is 0 Å². The molecule has 0 atom stereocenters. The van der Waals surface area contributed by atoms with Gasteiger partial charge in [0.05, 0.1) is 12.0 Å². The first-order chi connectivity index (χ1) is 17.8. The average Bonchev–Trinajstić information content (AvgIpc) is 2.85. The molecule has 0 bridgehead atoms. The summed E-state index contributed by atoms with van der Waals surface area (Å²) >= 11 is 0.700. The number of fused-ring (bicyclic) bond motifs is 1. The van der Waals surface area contributed by atoms with E-state index < -0.39 is 21.0 Å². The maximum Gasteiger partial charge on any atom is 0.311 e. The Kier molecular flexibility index (Phi) is 15.2. The average molecular weight is 555 g/mol. The molecule has 2 N–H and O–H groups in total. The van der Waals surface area contributed by atoms with E-state index in [0.29, 0.717) is 34.1 Å². The standard InChI is InChI=1S/C28H42O7S2/c1-2-3-4-5-6-7-8-9-10-11-12-13-14-15-16-17-28(29)34-26-21-23-18-19-25(36-35-30)20-24(23)22-27(26)37(31,32)33/h18-22,30H,2-17H2,1H3,(H,31,32,33). The van der Waals surface area contributed by atoms with Gasteiger partial charge in [0.2, 0.25) is 0 Å². The van der Waals surface area contributed by atoms with Crippen LogP contribution in [0, 0.1) is 0 Å². The van der Waals surface area contributed by atoms with E-state index >= 15 is 0 Å². The molecule has 0 aliphatic carbocycles. The molecule has 0 aliphatic rings. The highest BCUT2D eigenvalue weighted by atomic mass is 32.2. The van der Waals surface area contributed by atoms with Gasteiger partial charge in [-0.2, -0.15) is 12.8 Å². The summed E-state index contributed by atoms with van der Waals surface area (Å²) in [7, 11) is -4.61. The smallest absolute Gasteiger partial charge is 0.311 e. The van der Waals surface area contributed by atoms with E-state index in [1.807, 2.05) is 0 Å². The number of benzene rings is 2. The van der Waals surface area contributed by atoms with Crippen LogP contribution < -0.4 is 4.74 Å². The second-order valence-corrected chi connectivity index (χ2v) is 11.8. The van der Waals surface area contributed by atoms with E-state index in [4.69, 9.17) is 9.99 Å². The van der Waals surface area contributed by atoms with Gasteiger partial charge >= 0.3 is 5.97 Å². The highest BCUT2D eigenvalue weighted by Crippen LogP contribution is 2.32. The molecule has 0 unspecified atom stereocenters. The largest absolute Gasteiger partial charge is 0.425 e. The molecule has 0 aromatic heterocycles. The highest BCUT2D eigenvalue weighted by molar-refractivity contribution is 7.94. The van der Waals surface area contributed by atoms with E-state index in [1.54, 1.807) is 18.2 Å². The zero-order chi connectivity index (χ0) is 26.9. The van der Waals surface area contributed by atoms with Gasteiger partial charge in [-0.25, -0.2) is 5.26 Å². The lowest BCUT2D eigenvalue weighted by atomic mass is 10.0. The molecule has 208 valence electrons. The number of carbonyl (C=O) groups excluding carboxylic acids is 1. The maximum absolute atomic E-state index is 12.4. The highest BCUT2D eigenvalue weighted by Gasteiger charge is 2.20. The van der Waals surface area contributed by atoms with Crippen LogP contribution in [0.1, 0.15) is 110 Å². The summed E-state index contributed by atoms with van der Waals surface area (Å²) in [5.74, 6) is -0.723. The van der Waals surface area contributed by atoms with Crippen LogP contribution in [0.4, 0.5) is 0 Å². The summed E-state index contributed by atoms with van der Waals surface area (Å²) in [4.78, 5) is 12.4. The van der Waals surface area contributed by atoms with Crippen LogP contribution in [0.2, 0.25) is 0 Å². The Morgan fingerprint density at radius 2 is 1.32 bits per heavy atom. The Morgan fingerprint density at radius 1 is 0.784 bits per heavy atom. The summed E-state index contributed by atoms with van der Waals surface area (Å²) in [5.41, 5.74) is 0. The molecule has 2 aromatic carbocycles. The summed E-state index contributed by atoms with van der Waals surface area (Å²) in [5, 5.41) is 9.69. The fourth-order valence-electron chi connectivity index (χ4n) is 4.42. The number of unbranched alkanes of at least 4 members (excludes halogenated alkanes) is 14. The van der Waals surface area contributed by atoms with Crippen LogP contribution in [0.3, 0.4) is 0 Å². The Morgan fingerprint density at radius 3 is 1.84 bits per heavy atom. The van der Waals surface area contributed by atoms with Crippen LogP contribution >= 0.6 is 12.0 Å². The van der Waals surface area contributed by atoms with E-state index in [0.717, 1.165) is 19.3 Å². The van der Waals surface area contributed by atoms with Gasteiger partial charge in [0, 0.05) is 11.3 Å². The fraction of sp³-hybridized carbons (Fsp3) is 0.607. The fourth-order valence-corrected chi connectivity index (χ4v) is 5.44. The zero-order valence-electron chi connectivity index (χ0n) is 22.0. The minimum absolute atomic E-state index is 0.185. The van der Waals surface area contributed by atoms with Crippen molar-refractivity contribution < 1.29 is 32.1 Å². The molecule has 0 radical (unpaired) electrons. The summed E-state index contributed by atoms with van der Waals surface area (Å²) < 4.78 is 42.8. The molecule has 0 amide bonds. The predicted molar refractivity (Wildman–Crippen MR) is 149 cm³/mol. The molecule has 37 heavy (non-hydrogen) atoms. The number of carbonyl (C=O) groups is 1. The third kappa shape index (κ3) is 12.6. The topological polar surface area (TPSA) is 110 Å². The lowest BCUT2D eigenvalue weighted by molar-refractivity contribution is -0.134. The molecular weight excluding hydrogens is 512 g/mol. The second kappa shape index (κ2) is 17.8. The van der Waals surface area contributed by atoms with E-state index in [1.165, 1.54) is 82.8 Å². The number of rotatable bonds is 20. The first-order valence-corrected chi connectivity index (χ1v) is 15.8. The van der Waals surface area contributed by atoms with Gasteiger partial charge in [-0.3, -0.25) is 9.35 Å². The molecule has 2 rings (SSSR count). The molecule has 0 saturated carbocycles. The van der Waals surface area contributed by atoms with Crippen molar-refractivity contribution in [2.75, 3.05) is 0 Å². The molecule has 0 heterocycles. The number of hydrogen-bond acceptors (Lipinski definition) is 7. The lowest BCUT2D eigenvalue weighted by Crippen LogP contribution is -2.11. The van der Waals surface area contributed by atoms with Crippen LogP contribution in [-0.4, -0.2) is 24.2 Å². The van der Waals surface area contributed by atoms with E-state index in [2.05, 4.69) is 11.3 Å². The van der Waals surface area contributed by atoms with Crippen molar-refractivity contribution in [3.8, 4) is 5.75 Å². The number of hydrogen-bond donors (Lipinski definition) is 2. The number of ether oxygens (including phenoxy) is 1. The molecule has 0 fully saturated rings. The molecule has 9 heteroatoms. The minimum atomic E-state index is -4.61. The van der Waals surface area contributed by atoms with Crippen LogP contribution in [-0.2, 0) is 19.2 Å². The summed E-state index contributed by atoms with van der Waals surface area (Å²) in [6.07, 6.45) is 18.7. The van der Waals surface area contributed by atoms with Gasteiger partial charge in [0.15, 0.2) is 5.75 Å². The molecule has 0 saturated heterocycles. The first-order valence-electron chi connectivity index (χ1n) is 13.6. The quantitative estimate of drug-likeness (QED) is 0.0318. The molecule has 7 nitrogen and oxygen atoms in total. The van der Waals surface area contributed by atoms with Gasteiger partial charge < -0.3 is 4.74 Å². The Hall–Kier alpha value is -1.65. The van der Waals surface area contributed by atoms with Crippen molar-refractivity contribution in [1.82, 2.24) is 0 Å². The summed E-state index contributed by atoms with van der Waals surface area (Å²) in [6, 6.07) is 7.58. The van der Waals surface area contributed by atoms with Crippen LogP contribution in [0.5, 0.6) is 5.75 Å². The molecular formula is C28H42O7S2. The zero-order valence-corrected chi connectivity index (χ0v) is 23.6. The molecule has 0 spiro atoms. The van der Waals surface area contributed by atoms with Gasteiger partial charge in [-0.15, -0.1) is 0 Å². The first kappa shape index (κ1) is 31.6. The summed E-state index contributed by atoms with van der Waals surface area (Å²) in [6.45, 7) is 2.25. The van der Waals surface area contributed by atoms with E-state index in [-0.39, 0.29) is 12.2 Å². The van der Waals surface area contributed by atoms with E-state index in [9.17, 15) is 17.8 Å². The van der Waals surface area contributed by atoms with Crippen molar-refractivity contribution >= 4 is 38.9 Å². The number of esters is 1. The third-order valence-electron chi connectivity index (χ3n) is 6.49. The second-order valence-electron chi connectivity index (χ2n) is 9.61. The van der Waals surface area contributed by atoms with Crippen molar-refractivity contribution in [3.63, 3.8) is 0 Å². The SMILES string of the molecule is CCCCCCCCCCCCCCCCCC(=O)Oc1cc2ccc(SOO)cc2cc1S(=O)(=O)O. The normalized spacial score (nSPS) is 11.8. The van der Waals surface area contributed by atoms with Gasteiger partial charge in [0.25, 0.3) is 10.1 Å². The molecule has 0 aliphatic heterocycles. The van der Waals surface area contributed by atoms with Gasteiger partial charge in [0.1, 0.15) is 4.90 Å². The van der Waals surface area contributed by atoms with Gasteiger partial charge in [-0.05, 0) is 41.5 Å². The monoisotopic (exact) mass is 554 g/mol. The van der Waals surface area contributed by atoms with Gasteiger partial charge in [-0.1, -0.05) is 103 Å².